The van der Waals surface area contributed by atoms with E-state index in [0.29, 0.717) is 19.3 Å². The van der Waals surface area contributed by atoms with Crippen molar-refractivity contribution in [2.24, 2.45) is 0 Å². The van der Waals surface area contributed by atoms with Gasteiger partial charge in [0, 0.05) is 25.1 Å². The third-order valence-electron chi connectivity index (χ3n) is 4.12. The first-order valence-corrected chi connectivity index (χ1v) is 7.84. The number of rotatable bonds is 4. The summed E-state index contributed by atoms with van der Waals surface area (Å²) in [6.45, 7) is 4.45. The Balaban J connectivity index is 1.48. The zero-order chi connectivity index (χ0) is 15.6. The van der Waals surface area contributed by atoms with Crippen LogP contribution >= 0.6 is 0 Å². The van der Waals surface area contributed by atoms with Gasteiger partial charge in [0.05, 0.1) is 12.3 Å². The van der Waals surface area contributed by atoms with Crippen molar-refractivity contribution in [2.45, 2.75) is 25.8 Å². The first-order valence-electron chi connectivity index (χ1n) is 7.84. The van der Waals surface area contributed by atoms with Gasteiger partial charge in [0.15, 0.2) is 11.5 Å². The summed E-state index contributed by atoms with van der Waals surface area (Å²) < 4.78 is 16.2. The van der Waals surface area contributed by atoms with Crippen molar-refractivity contribution >= 4 is 5.82 Å². The summed E-state index contributed by atoms with van der Waals surface area (Å²) in [6.07, 6.45) is 1.03. The lowest BCUT2D eigenvalue weighted by Crippen LogP contribution is -2.08. The molecule has 1 saturated heterocycles. The molecular weight excluding hydrogens is 294 g/mol. The second kappa shape index (κ2) is 6.04. The van der Waals surface area contributed by atoms with Gasteiger partial charge < -0.3 is 19.5 Å². The monoisotopic (exact) mass is 313 g/mol. The fraction of sp³-hybridized carbons (Fsp3) is 0.412. The molecule has 0 amide bonds. The number of aromatic nitrogens is 2. The molecule has 6 nitrogen and oxygen atoms in total. The Morgan fingerprint density at radius 3 is 2.96 bits per heavy atom. The van der Waals surface area contributed by atoms with Crippen molar-refractivity contribution in [3.8, 4) is 11.5 Å². The Labute approximate surface area is 134 Å². The Bertz CT molecular complexity index is 714. The topological polar surface area (TPSA) is 65.5 Å². The van der Waals surface area contributed by atoms with Crippen LogP contribution < -0.4 is 14.8 Å². The maximum Gasteiger partial charge on any atom is 0.231 e. The van der Waals surface area contributed by atoms with Crippen molar-refractivity contribution in [3.05, 3.63) is 41.3 Å². The highest BCUT2D eigenvalue weighted by molar-refractivity contribution is 5.46. The molecule has 1 fully saturated rings. The van der Waals surface area contributed by atoms with E-state index in [4.69, 9.17) is 14.2 Å². The molecule has 3 heterocycles. The summed E-state index contributed by atoms with van der Waals surface area (Å²) in [6, 6.07) is 7.99. The van der Waals surface area contributed by atoms with E-state index in [9.17, 15) is 0 Å². The Hall–Kier alpha value is -2.34. The number of nitrogens with zero attached hydrogens (tertiary/aromatic N) is 2. The fourth-order valence-electron chi connectivity index (χ4n) is 2.90. The van der Waals surface area contributed by atoms with Crippen LogP contribution in [0.15, 0.2) is 24.3 Å². The second-order valence-corrected chi connectivity index (χ2v) is 5.83. The van der Waals surface area contributed by atoms with Crippen molar-refractivity contribution in [1.82, 2.24) is 9.97 Å². The molecular formula is C17H19N3O3. The minimum Gasteiger partial charge on any atom is -0.454 e. The lowest BCUT2D eigenvalue weighted by atomic mass is 10.0. The summed E-state index contributed by atoms with van der Waals surface area (Å²) in [4.78, 5) is 9.02. The van der Waals surface area contributed by atoms with Gasteiger partial charge >= 0.3 is 0 Å². The van der Waals surface area contributed by atoms with Crippen LogP contribution in [-0.2, 0) is 11.3 Å². The number of hydrogen-bond acceptors (Lipinski definition) is 6. The molecule has 1 aromatic carbocycles. The summed E-state index contributed by atoms with van der Waals surface area (Å²) in [7, 11) is 0. The quantitative estimate of drug-likeness (QED) is 0.936. The van der Waals surface area contributed by atoms with Crippen LogP contribution in [0.3, 0.4) is 0 Å². The SMILES string of the molecule is Cc1nc(NCc2ccc3c(c2)OCO3)cc(C2CCOC2)n1. The number of benzene rings is 1. The van der Waals surface area contributed by atoms with E-state index in [2.05, 4.69) is 15.3 Å². The smallest absolute Gasteiger partial charge is 0.231 e. The van der Waals surface area contributed by atoms with Gasteiger partial charge in [0.1, 0.15) is 11.6 Å². The zero-order valence-electron chi connectivity index (χ0n) is 13.0. The first kappa shape index (κ1) is 14.3. The molecule has 23 heavy (non-hydrogen) atoms. The molecule has 1 atom stereocenters. The summed E-state index contributed by atoms with van der Waals surface area (Å²) in [5, 5.41) is 3.37. The molecule has 2 aromatic rings. The summed E-state index contributed by atoms with van der Waals surface area (Å²) >= 11 is 0. The van der Waals surface area contributed by atoms with E-state index in [1.165, 1.54) is 0 Å². The first-order chi connectivity index (χ1) is 11.3. The Kier molecular flexibility index (Phi) is 3.75. The van der Waals surface area contributed by atoms with Crippen molar-refractivity contribution in [3.63, 3.8) is 0 Å². The van der Waals surface area contributed by atoms with Gasteiger partial charge in [-0.15, -0.1) is 0 Å². The molecule has 0 aliphatic carbocycles. The van der Waals surface area contributed by atoms with E-state index >= 15 is 0 Å². The number of fused-ring (bicyclic) bond motifs is 1. The second-order valence-electron chi connectivity index (χ2n) is 5.83. The number of ether oxygens (including phenoxy) is 3. The maximum atomic E-state index is 5.46. The van der Waals surface area contributed by atoms with E-state index in [1.807, 2.05) is 31.2 Å². The molecule has 120 valence electrons. The standard InChI is InChI=1S/C17H19N3O3/c1-11-19-14(13-4-5-21-9-13)7-17(20-11)18-8-12-2-3-15-16(6-12)23-10-22-15/h2-3,6-7,13H,4-5,8-10H2,1H3,(H,18,19,20). The molecule has 0 radical (unpaired) electrons. The molecule has 2 aliphatic rings. The van der Waals surface area contributed by atoms with E-state index in [1.54, 1.807) is 0 Å². The van der Waals surface area contributed by atoms with Crippen LogP contribution in [-0.4, -0.2) is 30.0 Å². The minimum atomic E-state index is 0.296. The zero-order valence-corrected chi connectivity index (χ0v) is 13.0. The molecule has 1 aromatic heterocycles. The highest BCUT2D eigenvalue weighted by atomic mass is 16.7. The van der Waals surface area contributed by atoms with Gasteiger partial charge in [0.25, 0.3) is 0 Å². The van der Waals surface area contributed by atoms with Crippen molar-refractivity contribution in [1.29, 1.82) is 0 Å². The fourth-order valence-corrected chi connectivity index (χ4v) is 2.90. The van der Waals surface area contributed by atoms with E-state index in [-0.39, 0.29) is 0 Å². The van der Waals surface area contributed by atoms with Crippen molar-refractivity contribution < 1.29 is 14.2 Å². The van der Waals surface area contributed by atoms with Crippen molar-refractivity contribution in [2.75, 3.05) is 25.3 Å². The van der Waals surface area contributed by atoms with Gasteiger partial charge in [-0.2, -0.15) is 0 Å². The number of aryl methyl sites for hydroxylation is 1. The predicted octanol–water partition coefficient (Wildman–Crippen LogP) is 2.63. The van der Waals surface area contributed by atoms with Crippen LogP contribution in [0.4, 0.5) is 5.82 Å². The predicted molar refractivity (Wildman–Crippen MR) is 84.8 cm³/mol. The van der Waals surface area contributed by atoms with Gasteiger partial charge in [-0.1, -0.05) is 6.07 Å². The molecule has 0 spiro atoms. The minimum absolute atomic E-state index is 0.296. The molecule has 6 heteroatoms. The average molecular weight is 313 g/mol. The summed E-state index contributed by atoms with van der Waals surface area (Å²) in [5.41, 5.74) is 2.18. The van der Waals surface area contributed by atoms with E-state index in [0.717, 1.165) is 54.0 Å². The molecule has 4 rings (SSSR count). The van der Waals surface area contributed by atoms with Crippen LogP contribution in [0.5, 0.6) is 11.5 Å². The van der Waals surface area contributed by atoms with Gasteiger partial charge in [0.2, 0.25) is 6.79 Å². The number of anilines is 1. The van der Waals surface area contributed by atoms with E-state index < -0.39 is 0 Å². The average Bonchev–Trinajstić information content (AvgIpc) is 3.23. The molecule has 0 saturated carbocycles. The van der Waals surface area contributed by atoms with Crippen LogP contribution in [0.1, 0.15) is 29.4 Å². The third kappa shape index (κ3) is 3.07. The maximum absolute atomic E-state index is 5.46. The molecule has 1 unspecified atom stereocenters. The Morgan fingerprint density at radius 2 is 2.09 bits per heavy atom. The van der Waals surface area contributed by atoms with Gasteiger partial charge in [-0.25, -0.2) is 9.97 Å². The lowest BCUT2D eigenvalue weighted by Gasteiger charge is -2.12. The molecule has 0 bridgehead atoms. The largest absolute Gasteiger partial charge is 0.454 e. The normalized spacial score (nSPS) is 19.1. The molecule has 1 N–H and O–H groups in total. The van der Waals surface area contributed by atoms with Crippen LogP contribution in [0.2, 0.25) is 0 Å². The van der Waals surface area contributed by atoms with Gasteiger partial charge in [-0.3, -0.25) is 0 Å². The molecule has 2 aliphatic heterocycles. The summed E-state index contributed by atoms with van der Waals surface area (Å²) in [5.74, 6) is 3.60. The van der Waals surface area contributed by atoms with Crippen LogP contribution in [0, 0.1) is 6.92 Å². The van der Waals surface area contributed by atoms with Gasteiger partial charge in [-0.05, 0) is 31.0 Å². The Morgan fingerprint density at radius 1 is 1.17 bits per heavy atom. The highest BCUT2D eigenvalue weighted by Gasteiger charge is 2.20. The number of hydrogen-bond donors (Lipinski definition) is 1. The van der Waals surface area contributed by atoms with Crippen LogP contribution in [0.25, 0.3) is 0 Å². The highest BCUT2D eigenvalue weighted by Crippen LogP contribution is 2.32. The lowest BCUT2D eigenvalue weighted by molar-refractivity contribution is 0.174. The third-order valence-corrected chi connectivity index (χ3v) is 4.12. The number of nitrogens with one attached hydrogen (secondary N) is 1.